The first-order valence-electron chi connectivity index (χ1n) is 35.7. The lowest BCUT2D eigenvalue weighted by Crippen LogP contribution is -2.45. The van der Waals surface area contributed by atoms with Gasteiger partial charge >= 0.3 is 0 Å². The molecule has 4 heteroatoms. The summed E-state index contributed by atoms with van der Waals surface area (Å²) in [4.78, 5) is 12.6. The molecule has 2 atom stereocenters. The smallest absolute Gasteiger partial charge is 0.220 e. The van der Waals surface area contributed by atoms with Crippen LogP contribution in [0.4, 0.5) is 0 Å². The van der Waals surface area contributed by atoms with E-state index in [4.69, 9.17) is 0 Å². The van der Waals surface area contributed by atoms with Crippen molar-refractivity contribution in [3.05, 3.63) is 122 Å². The third-order valence-electron chi connectivity index (χ3n) is 16.0. The SMILES string of the molecule is CC/C=C\C/C=C\C/C=C\C/C=C\C/C=C\C/C=C\C/C=C\C/C=C\C/C=C\C/C=C\CCCCCCCCCCCCC(=O)NC(CO)C(O)CCCCCCCCCCCCCCCCCCCCCCCCCCCCCCC. The molecule has 0 spiro atoms. The summed E-state index contributed by atoms with van der Waals surface area (Å²) >= 11 is 0. The summed E-state index contributed by atoms with van der Waals surface area (Å²) in [6.07, 6.45) is 110. The first kappa shape index (κ1) is 78.8. The van der Waals surface area contributed by atoms with E-state index >= 15 is 0 Å². The van der Waals surface area contributed by atoms with E-state index in [2.05, 4.69) is 141 Å². The third-order valence-corrected chi connectivity index (χ3v) is 16.0. The second-order valence-corrected chi connectivity index (χ2v) is 23.9. The van der Waals surface area contributed by atoms with Gasteiger partial charge in [0.05, 0.1) is 18.8 Å². The summed E-state index contributed by atoms with van der Waals surface area (Å²) in [5.41, 5.74) is 0. The molecule has 0 aromatic carbocycles. The maximum atomic E-state index is 12.6. The second kappa shape index (κ2) is 72.1. The van der Waals surface area contributed by atoms with Crippen molar-refractivity contribution in [3.63, 3.8) is 0 Å². The highest BCUT2D eigenvalue weighted by atomic mass is 16.3. The van der Waals surface area contributed by atoms with Gasteiger partial charge in [-0.25, -0.2) is 0 Å². The van der Waals surface area contributed by atoms with Crippen molar-refractivity contribution in [3.8, 4) is 0 Å². The lowest BCUT2D eigenvalue weighted by molar-refractivity contribution is -0.123. The molecule has 3 N–H and O–H groups in total. The monoisotopic (exact) mass is 1140 g/mol. The Morgan fingerprint density at radius 3 is 0.805 bits per heavy atom. The standard InChI is InChI=1S/C78H137NO3/c1-3-5-7-9-11-13-15-17-19-21-23-25-27-29-31-33-34-35-36-37-38-39-40-41-42-43-44-46-48-50-52-54-56-58-60-62-64-66-68-70-72-74-78(82)79-76(75-80)77(81)73-71-69-67-65-63-61-59-57-55-53-51-49-47-45-32-30-28-26-24-22-20-18-16-14-12-10-8-6-4-2/h5,7,11,13,17,19,23,25,29,31,34-35,37-38,40-41,43-44,48,50,76-77,80-81H,3-4,6,8-10,12,14-16,18,20-22,24,26-28,30,32-33,36,39,42,45-47,49,51-75H2,1-2H3,(H,79,82)/b7-5-,13-11-,19-17-,25-23-,31-29-,35-34-,38-37-,41-40-,44-43-,50-48-. The fourth-order valence-corrected chi connectivity index (χ4v) is 10.6. The van der Waals surface area contributed by atoms with Crippen molar-refractivity contribution in [2.45, 2.75) is 360 Å². The number of aliphatic hydroxyl groups excluding tert-OH is 2. The first-order chi connectivity index (χ1) is 40.7. The normalized spacial score (nSPS) is 13.5. The molecule has 0 rings (SSSR count). The van der Waals surface area contributed by atoms with Crippen molar-refractivity contribution in [2.75, 3.05) is 6.61 Å². The van der Waals surface area contributed by atoms with Crippen LogP contribution in [0, 0.1) is 0 Å². The van der Waals surface area contributed by atoms with Crippen LogP contribution in [0.2, 0.25) is 0 Å². The van der Waals surface area contributed by atoms with Gasteiger partial charge in [0.2, 0.25) is 5.91 Å². The van der Waals surface area contributed by atoms with Crippen LogP contribution in [-0.4, -0.2) is 34.9 Å². The summed E-state index contributed by atoms with van der Waals surface area (Å²) in [5.74, 6) is -0.0359. The van der Waals surface area contributed by atoms with Crippen LogP contribution in [0.5, 0.6) is 0 Å². The summed E-state index contributed by atoms with van der Waals surface area (Å²) in [6, 6.07) is -0.548. The molecule has 0 aromatic heterocycles. The Bertz CT molecular complexity index is 1570. The molecule has 0 fully saturated rings. The largest absolute Gasteiger partial charge is 0.394 e. The van der Waals surface area contributed by atoms with E-state index in [-0.39, 0.29) is 12.5 Å². The Morgan fingerprint density at radius 1 is 0.305 bits per heavy atom. The lowest BCUT2D eigenvalue weighted by Gasteiger charge is -2.22. The molecule has 0 saturated heterocycles. The molecule has 0 aliphatic carbocycles. The van der Waals surface area contributed by atoms with Crippen molar-refractivity contribution >= 4 is 5.91 Å². The van der Waals surface area contributed by atoms with Crippen molar-refractivity contribution in [1.29, 1.82) is 0 Å². The molecule has 0 aliphatic rings. The molecule has 2 unspecified atom stereocenters. The molecule has 0 radical (unpaired) electrons. The van der Waals surface area contributed by atoms with E-state index in [0.717, 1.165) is 89.9 Å². The number of hydrogen-bond acceptors (Lipinski definition) is 3. The summed E-state index contributed by atoms with van der Waals surface area (Å²) < 4.78 is 0. The first-order valence-corrected chi connectivity index (χ1v) is 35.7. The molecule has 1 amide bonds. The van der Waals surface area contributed by atoms with Gasteiger partial charge < -0.3 is 15.5 Å². The van der Waals surface area contributed by atoms with E-state index in [1.54, 1.807) is 0 Å². The van der Waals surface area contributed by atoms with Crippen molar-refractivity contribution in [2.24, 2.45) is 0 Å². The highest BCUT2D eigenvalue weighted by Crippen LogP contribution is 2.18. The summed E-state index contributed by atoms with van der Waals surface area (Å²) in [5, 5.41) is 23.5. The van der Waals surface area contributed by atoms with Gasteiger partial charge in [0.15, 0.2) is 0 Å². The summed E-state index contributed by atoms with van der Waals surface area (Å²) in [7, 11) is 0. The van der Waals surface area contributed by atoms with Gasteiger partial charge in [0.1, 0.15) is 0 Å². The number of allylic oxidation sites excluding steroid dienone is 20. The Hall–Kier alpha value is -3.21. The Kier molecular flexibility index (Phi) is 69.2. The minimum absolute atomic E-state index is 0.0359. The molecule has 4 nitrogen and oxygen atoms in total. The zero-order valence-electron chi connectivity index (χ0n) is 54.5. The number of hydrogen-bond donors (Lipinski definition) is 3. The number of rotatable bonds is 65. The van der Waals surface area contributed by atoms with Gasteiger partial charge in [-0.05, 0) is 89.9 Å². The van der Waals surface area contributed by atoms with Crippen molar-refractivity contribution < 1.29 is 15.0 Å². The number of amides is 1. The predicted octanol–water partition coefficient (Wildman–Crippen LogP) is 24.7. The zero-order chi connectivity index (χ0) is 59.1. The highest BCUT2D eigenvalue weighted by molar-refractivity contribution is 5.76. The lowest BCUT2D eigenvalue weighted by atomic mass is 10.0. The van der Waals surface area contributed by atoms with Gasteiger partial charge in [-0.2, -0.15) is 0 Å². The van der Waals surface area contributed by atoms with Crippen LogP contribution in [0.3, 0.4) is 0 Å². The molecule has 0 aliphatic heterocycles. The summed E-state index contributed by atoms with van der Waals surface area (Å²) in [6.45, 7) is 4.27. The van der Waals surface area contributed by atoms with E-state index < -0.39 is 12.1 Å². The maximum Gasteiger partial charge on any atom is 0.220 e. The maximum absolute atomic E-state index is 12.6. The van der Waals surface area contributed by atoms with Gasteiger partial charge in [-0.3, -0.25) is 4.79 Å². The predicted molar refractivity (Wildman–Crippen MR) is 368 cm³/mol. The Balaban J connectivity index is 3.52. The molecule has 0 heterocycles. The Morgan fingerprint density at radius 2 is 0.537 bits per heavy atom. The minimum Gasteiger partial charge on any atom is -0.394 e. The number of carbonyl (C=O) groups is 1. The van der Waals surface area contributed by atoms with E-state index in [9.17, 15) is 15.0 Å². The molecule has 0 aromatic rings. The van der Waals surface area contributed by atoms with Gasteiger partial charge in [-0.15, -0.1) is 0 Å². The van der Waals surface area contributed by atoms with E-state index in [1.165, 1.54) is 231 Å². The van der Waals surface area contributed by atoms with Gasteiger partial charge in [-0.1, -0.05) is 373 Å². The quantitative estimate of drug-likeness (QED) is 0.0420. The average molecular weight is 1140 g/mol. The fraction of sp³-hybridized carbons (Fsp3) is 0.731. The molecular formula is C78H137NO3. The molecule has 0 saturated carbocycles. The number of unbranched alkanes of at least 4 members (excludes halogenated alkanes) is 38. The third kappa shape index (κ3) is 67.6. The van der Waals surface area contributed by atoms with Crippen LogP contribution in [-0.2, 0) is 4.79 Å². The zero-order valence-corrected chi connectivity index (χ0v) is 54.5. The van der Waals surface area contributed by atoms with E-state index in [1.807, 2.05) is 0 Å². The number of carbonyl (C=O) groups excluding carboxylic acids is 1. The minimum atomic E-state index is -0.671. The van der Waals surface area contributed by atoms with Crippen LogP contribution >= 0.6 is 0 Å². The van der Waals surface area contributed by atoms with Crippen LogP contribution in [0.1, 0.15) is 348 Å². The molecule has 0 bridgehead atoms. The van der Waals surface area contributed by atoms with Crippen molar-refractivity contribution in [1.82, 2.24) is 5.32 Å². The van der Waals surface area contributed by atoms with Gasteiger partial charge in [0, 0.05) is 6.42 Å². The molecular weight excluding hydrogens is 999 g/mol. The van der Waals surface area contributed by atoms with Crippen LogP contribution < -0.4 is 5.32 Å². The van der Waals surface area contributed by atoms with Gasteiger partial charge in [0.25, 0.3) is 0 Å². The topological polar surface area (TPSA) is 69.6 Å². The highest BCUT2D eigenvalue weighted by Gasteiger charge is 2.20. The number of nitrogens with one attached hydrogen (secondary N) is 1. The number of aliphatic hydroxyl groups is 2. The Labute approximate surface area is 511 Å². The van der Waals surface area contributed by atoms with Crippen LogP contribution in [0.25, 0.3) is 0 Å². The molecule has 82 heavy (non-hydrogen) atoms. The molecule has 472 valence electrons. The average Bonchev–Trinajstić information content (AvgIpc) is 3.50. The second-order valence-electron chi connectivity index (χ2n) is 23.9. The fourth-order valence-electron chi connectivity index (χ4n) is 10.6. The van der Waals surface area contributed by atoms with Crippen LogP contribution in [0.15, 0.2) is 122 Å². The van der Waals surface area contributed by atoms with E-state index in [0.29, 0.717) is 12.8 Å².